The number of nitriles is 1. The van der Waals surface area contributed by atoms with Crippen LogP contribution in [0.5, 0.6) is 0 Å². The zero-order valence-electron chi connectivity index (χ0n) is 11.1. The SMILES string of the molecule is CN(CCC(F)(F)F)C1CCC(C#N)(NC2CC2)C1. The second-order valence-electron chi connectivity index (χ2n) is 5.85. The van der Waals surface area contributed by atoms with Crippen LogP contribution >= 0.6 is 0 Å². The molecule has 2 aliphatic rings. The molecule has 6 heteroatoms. The largest absolute Gasteiger partial charge is 0.390 e. The molecule has 0 aliphatic heterocycles. The summed E-state index contributed by atoms with van der Waals surface area (Å²) in [6.45, 7) is 0.0130. The van der Waals surface area contributed by atoms with Gasteiger partial charge in [0.05, 0.1) is 12.5 Å². The lowest BCUT2D eigenvalue weighted by atomic mass is 9.99. The third-order valence-corrected chi connectivity index (χ3v) is 4.13. The van der Waals surface area contributed by atoms with E-state index in [9.17, 15) is 18.4 Å². The minimum Gasteiger partial charge on any atom is -0.303 e. The monoisotopic (exact) mass is 275 g/mol. The van der Waals surface area contributed by atoms with Crippen LogP contribution in [0.15, 0.2) is 0 Å². The standard InChI is InChI=1S/C13H20F3N3/c1-19(7-6-13(14,15)16)11-4-5-12(8-11,9-17)18-10-2-3-10/h10-11,18H,2-8H2,1H3. The Kier molecular flexibility index (Phi) is 4.07. The second kappa shape index (κ2) is 5.29. The fraction of sp³-hybridized carbons (Fsp3) is 0.923. The predicted molar refractivity (Wildman–Crippen MR) is 65.4 cm³/mol. The number of nitrogens with one attached hydrogen (secondary N) is 1. The zero-order valence-corrected chi connectivity index (χ0v) is 11.1. The number of nitrogens with zero attached hydrogens (tertiary/aromatic N) is 2. The lowest BCUT2D eigenvalue weighted by Crippen LogP contribution is -2.44. The molecule has 0 aromatic carbocycles. The summed E-state index contributed by atoms with van der Waals surface area (Å²) in [6.07, 6.45) is -0.506. The van der Waals surface area contributed by atoms with Gasteiger partial charge in [-0.25, -0.2) is 0 Å². The van der Waals surface area contributed by atoms with Crippen molar-refractivity contribution < 1.29 is 13.2 Å². The molecule has 2 aliphatic carbocycles. The van der Waals surface area contributed by atoms with Gasteiger partial charge in [-0.1, -0.05) is 0 Å². The van der Waals surface area contributed by atoms with Gasteiger partial charge in [0, 0.05) is 18.6 Å². The van der Waals surface area contributed by atoms with Crippen LogP contribution in [0.4, 0.5) is 13.2 Å². The Labute approximate surface area is 111 Å². The van der Waals surface area contributed by atoms with Gasteiger partial charge in [-0.15, -0.1) is 0 Å². The van der Waals surface area contributed by atoms with Gasteiger partial charge in [0.15, 0.2) is 0 Å². The molecule has 1 N–H and O–H groups in total. The number of alkyl halides is 3. The molecular formula is C13H20F3N3. The Balaban J connectivity index is 1.84. The molecule has 0 bridgehead atoms. The fourth-order valence-corrected chi connectivity index (χ4v) is 2.76. The van der Waals surface area contributed by atoms with Gasteiger partial charge >= 0.3 is 6.18 Å². The lowest BCUT2D eigenvalue weighted by molar-refractivity contribution is -0.138. The summed E-state index contributed by atoms with van der Waals surface area (Å²) in [4.78, 5) is 1.75. The molecule has 2 fully saturated rings. The predicted octanol–water partition coefficient (Wildman–Crippen LogP) is 2.44. The van der Waals surface area contributed by atoms with E-state index < -0.39 is 18.1 Å². The summed E-state index contributed by atoms with van der Waals surface area (Å²) in [6, 6.07) is 2.87. The molecule has 2 saturated carbocycles. The maximum absolute atomic E-state index is 12.2. The second-order valence-corrected chi connectivity index (χ2v) is 5.85. The molecular weight excluding hydrogens is 255 g/mol. The summed E-state index contributed by atoms with van der Waals surface area (Å²) in [7, 11) is 1.72. The van der Waals surface area contributed by atoms with E-state index in [2.05, 4.69) is 11.4 Å². The van der Waals surface area contributed by atoms with Crippen molar-refractivity contribution in [3.63, 3.8) is 0 Å². The van der Waals surface area contributed by atoms with Crippen molar-refractivity contribution in [2.24, 2.45) is 0 Å². The van der Waals surface area contributed by atoms with Crippen LogP contribution < -0.4 is 5.32 Å². The first-order chi connectivity index (χ1) is 8.84. The molecule has 0 aromatic heterocycles. The highest BCUT2D eigenvalue weighted by atomic mass is 19.4. The van der Waals surface area contributed by atoms with Gasteiger partial charge in [-0.2, -0.15) is 18.4 Å². The summed E-state index contributed by atoms with van der Waals surface area (Å²) in [5, 5.41) is 12.7. The molecule has 2 unspecified atom stereocenters. The molecule has 0 aromatic rings. The van der Waals surface area contributed by atoms with Crippen LogP contribution in [0.25, 0.3) is 0 Å². The van der Waals surface area contributed by atoms with Gasteiger partial charge in [-0.05, 0) is 39.2 Å². The third-order valence-electron chi connectivity index (χ3n) is 4.13. The summed E-state index contributed by atoms with van der Waals surface area (Å²) in [5.74, 6) is 0. The number of hydrogen-bond donors (Lipinski definition) is 1. The molecule has 108 valence electrons. The normalized spacial score (nSPS) is 31.7. The molecule has 0 heterocycles. The van der Waals surface area contributed by atoms with E-state index in [4.69, 9.17) is 0 Å². The van der Waals surface area contributed by atoms with Gasteiger partial charge < -0.3 is 4.90 Å². The molecule has 0 amide bonds. The average Bonchev–Trinajstić information content (AvgIpc) is 3.03. The van der Waals surface area contributed by atoms with Crippen LogP contribution in [-0.4, -0.2) is 42.3 Å². The van der Waals surface area contributed by atoms with E-state index in [0.717, 1.165) is 25.7 Å². The molecule has 19 heavy (non-hydrogen) atoms. The Morgan fingerprint density at radius 2 is 2.05 bits per heavy atom. The van der Waals surface area contributed by atoms with Crippen LogP contribution in [-0.2, 0) is 0 Å². The van der Waals surface area contributed by atoms with Crippen LogP contribution in [0, 0.1) is 11.3 Å². The van der Waals surface area contributed by atoms with Gasteiger partial charge in [-0.3, -0.25) is 5.32 Å². The number of rotatable bonds is 5. The number of halogens is 3. The smallest absolute Gasteiger partial charge is 0.303 e. The zero-order chi connectivity index (χ0) is 14.1. The van der Waals surface area contributed by atoms with E-state index in [1.165, 1.54) is 0 Å². The Hall–Kier alpha value is -0.800. The molecule has 0 spiro atoms. The molecule has 2 rings (SSSR count). The van der Waals surface area contributed by atoms with Gasteiger partial charge in [0.1, 0.15) is 5.54 Å². The first kappa shape index (κ1) is 14.6. The molecule has 2 atom stereocenters. The summed E-state index contributed by atoms with van der Waals surface area (Å²) < 4.78 is 36.6. The van der Waals surface area contributed by atoms with Crippen LogP contribution in [0.1, 0.15) is 38.5 Å². The van der Waals surface area contributed by atoms with E-state index in [0.29, 0.717) is 12.5 Å². The van der Waals surface area contributed by atoms with Gasteiger partial charge in [0.2, 0.25) is 0 Å². The van der Waals surface area contributed by atoms with E-state index in [1.807, 2.05) is 0 Å². The first-order valence-corrected chi connectivity index (χ1v) is 6.79. The summed E-state index contributed by atoms with van der Waals surface area (Å²) >= 11 is 0. The quantitative estimate of drug-likeness (QED) is 0.837. The molecule has 3 nitrogen and oxygen atoms in total. The Bertz CT molecular complexity index is 359. The lowest BCUT2D eigenvalue weighted by Gasteiger charge is -2.27. The number of hydrogen-bond acceptors (Lipinski definition) is 3. The third kappa shape index (κ3) is 4.08. The van der Waals surface area contributed by atoms with Crippen molar-refractivity contribution in [3.05, 3.63) is 0 Å². The van der Waals surface area contributed by atoms with Gasteiger partial charge in [0.25, 0.3) is 0 Å². The highest BCUT2D eigenvalue weighted by Crippen LogP contribution is 2.36. The van der Waals surface area contributed by atoms with Crippen LogP contribution in [0.2, 0.25) is 0 Å². The highest BCUT2D eigenvalue weighted by Gasteiger charge is 2.44. The van der Waals surface area contributed by atoms with Crippen molar-refractivity contribution in [2.75, 3.05) is 13.6 Å². The maximum Gasteiger partial charge on any atom is 0.390 e. The molecule has 0 radical (unpaired) electrons. The highest BCUT2D eigenvalue weighted by molar-refractivity contribution is 5.15. The van der Waals surface area contributed by atoms with E-state index in [-0.39, 0.29) is 12.6 Å². The Morgan fingerprint density at radius 3 is 2.58 bits per heavy atom. The fourth-order valence-electron chi connectivity index (χ4n) is 2.76. The van der Waals surface area contributed by atoms with E-state index >= 15 is 0 Å². The minimum atomic E-state index is -4.11. The van der Waals surface area contributed by atoms with Crippen molar-refractivity contribution in [3.8, 4) is 6.07 Å². The minimum absolute atomic E-state index is 0.0130. The van der Waals surface area contributed by atoms with Crippen molar-refractivity contribution in [2.45, 2.75) is 62.3 Å². The Morgan fingerprint density at radius 1 is 1.37 bits per heavy atom. The molecule has 0 saturated heterocycles. The van der Waals surface area contributed by atoms with Crippen molar-refractivity contribution in [1.29, 1.82) is 5.26 Å². The van der Waals surface area contributed by atoms with Crippen LogP contribution in [0.3, 0.4) is 0 Å². The van der Waals surface area contributed by atoms with Crippen molar-refractivity contribution >= 4 is 0 Å². The topological polar surface area (TPSA) is 39.1 Å². The summed E-state index contributed by atoms with van der Waals surface area (Å²) in [5.41, 5.74) is -0.516. The van der Waals surface area contributed by atoms with E-state index in [1.54, 1.807) is 11.9 Å². The van der Waals surface area contributed by atoms with Crippen molar-refractivity contribution in [1.82, 2.24) is 10.2 Å². The average molecular weight is 275 g/mol. The maximum atomic E-state index is 12.2. The first-order valence-electron chi connectivity index (χ1n) is 6.79.